The molecule has 3 N–H and O–H groups in total. The number of methoxy groups -OCH3 is 1. The van der Waals surface area contributed by atoms with Crippen LogP contribution in [-0.4, -0.2) is 66.2 Å². The molecule has 0 saturated heterocycles. The van der Waals surface area contributed by atoms with E-state index in [4.69, 9.17) is 10.5 Å². The largest absolute Gasteiger partial charge is 0.383 e. The number of carbonyl (C=O) groups is 1. The predicted molar refractivity (Wildman–Crippen MR) is 70.3 cm³/mol. The monoisotopic (exact) mass is 270 g/mol. The third-order valence-electron chi connectivity index (χ3n) is 2.59. The summed E-state index contributed by atoms with van der Waals surface area (Å²) in [6.07, 6.45) is 1.67. The molecule has 108 valence electrons. The maximum atomic E-state index is 11.6. The number of ether oxygens (including phenoxy) is 1. The number of aromatic nitrogens is 3. The van der Waals surface area contributed by atoms with Gasteiger partial charge < -0.3 is 20.7 Å². The van der Waals surface area contributed by atoms with Crippen molar-refractivity contribution in [3.63, 3.8) is 0 Å². The van der Waals surface area contributed by atoms with Gasteiger partial charge in [0, 0.05) is 33.3 Å². The van der Waals surface area contributed by atoms with Gasteiger partial charge in [0.05, 0.1) is 18.5 Å². The molecule has 0 unspecified atom stereocenters. The zero-order valence-corrected chi connectivity index (χ0v) is 11.5. The highest BCUT2D eigenvalue weighted by atomic mass is 16.5. The first-order chi connectivity index (χ1) is 9.15. The lowest BCUT2D eigenvalue weighted by atomic mass is 10.4. The summed E-state index contributed by atoms with van der Waals surface area (Å²) in [7, 11) is 3.65. The minimum absolute atomic E-state index is 0.0892. The normalized spacial score (nSPS) is 10.9. The van der Waals surface area contributed by atoms with E-state index in [1.165, 1.54) is 4.68 Å². The Hall–Kier alpha value is -1.51. The summed E-state index contributed by atoms with van der Waals surface area (Å²) in [6, 6.07) is 0. The van der Waals surface area contributed by atoms with E-state index in [9.17, 15) is 4.79 Å². The van der Waals surface area contributed by atoms with Crippen LogP contribution in [0.25, 0.3) is 0 Å². The number of nitrogens with one attached hydrogen (secondary N) is 1. The maximum Gasteiger partial charge on any atom is 0.241 e. The summed E-state index contributed by atoms with van der Waals surface area (Å²) < 4.78 is 6.45. The SMILES string of the molecule is COCCN(C)CCNC(=O)Cn1cc(CN)nn1. The standard InChI is InChI=1S/C11H22N6O2/c1-16(5-6-19-2)4-3-13-11(18)9-17-8-10(7-12)14-15-17/h8H,3-7,9,12H2,1-2H3,(H,13,18). The highest BCUT2D eigenvalue weighted by Gasteiger charge is 2.05. The fraction of sp³-hybridized carbons (Fsp3) is 0.727. The van der Waals surface area contributed by atoms with Gasteiger partial charge in [0.2, 0.25) is 5.91 Å². The summed E-state index contributed by atoms with van der Waals surface area (Å²) in [5, 5.41) is 10.4. The Morgan fingerprint density at radius 3 is 3.00 bits per heavy atom. The van der Waals surface area contributed by atoms with Crippen molar-refractivity contribution in [2.75, 3.05) is 40.4 Å². The Bertz CT molecular complexity index is 381. The van der Waals surface area contributed by atoms with Crippen molar-refractivity contribution in [3.8, 4) is 0 Å². The highest BCUT2D eigenvalue weighted by molar-refractivity contribution is 5.75. The fourth-order valence-electron chi connectivity index (χ4n) is 1.46. The smallest absolute Gasteiger partial charge is 0.241 e. The summed E-state index contributed by atoms with van der Waals surface area (Å²) >= 11 is 0. The van der Waals surface area contributed by atoms with Gasteiger partial charge in [-0.05, 0) is 7.05 Å². The van der Waals surface area contributed by atoms with E-state index in [2.05, 4.69) is 20.5 Å². The molecule has 0 aliphatic heterocycles. The van der Waals surface area contributed by atoms with Crippen LogP contribution in [0.15, 0.2) is 6.20 Å². The first-order valence-electron chi connectivity index (χ1n) is 6.19. The van der Waals surface area contributed by atoms with Gasteiger partial charge in [0.1, 0.15) is 6.54 Å². The van der Waals surface area contributed by atoms with E-state index in [1.807, 2.05) is 7.05 Å². The number of hydrogen-bond donors (Lipinski definition) is 2. The Balaban J connectivity index is 2.17. The van der Waals surface area contributed by atoms with Gasteiger partial charge in [-0.1, -0.05) is 5.21 Å². The van der Waals surface area contributed by atoms with Crippen molar-refractivity contribution in [2.45, 2.75) is 13.1 Å². The molecule has 1 aromatic rings. The van der Waals surface area contributed by atoms with E-state index in [-0.39, 0.29) is 12.5 Å². The van der Waals surface area contributed by atoms with Crippen LogP contribution < -0.4 is 11.1 Å². The number of rotatable bonds is 9. The molecule has 0 aromatic carbocycles. The van der Waals surface area contributed by atoms with Crippen molar-refractivity contribution in [1.82, 2.24) is 25.2 Å². The van der Waals surface area contributed by atoms with Crippen LogP contribution in [-0.2, 0) is 22.6 Å². The lowest BCUT2D eigenvalue weighted by Crippen LogP contribution is -2.36. The molecule has 0 fully saturated rings. The minimum atomic E-state index is -0.0892. The Morgan fingerprint density at radius 1 is 1.58 bits per heavy atom. The van der Waals surface area contributed by atoms with Crippen LogP contribution in [0.2, 0.25) is 0 Å². The Labute approximate surface area is 112 Å². The second-order valence-corrected chi connectivity index (χ2v) is 4.26. The zero-order chi connectivity index (χ0) is 14.1. The Kier molecular flexibility index (Phi) is 7.01. The first-order valence-corrected chi connectivity index (χ1v) is 6.19. The van der Waals surface area contributed by atoms with Gasteiger partial charge in [-0.3, -0.25) is 4.79 Å². The number of carbonyl (C=O) groups excluding carboxylic acids is 1. The molecule has 1 amide bonds. The van der Waals surface area contributed by atoms with Crippen LogP contribution in [0.3, 0.4) is 0 Å². The summed E-state index contributed by atoms with van der Waals surface area (Å²) in [6.45, 7) is 3.39. The van der Waals surface area contributed by atoms with E-state index < -0.39 is 0 Å². The molecular formula is C11H22N6O2. The summed E-state index contributed by atoms with van der Waals surface area (Å²) in [5.74, 6) is -0.0892. The molecule has 0 atom stereocenters. The van der Waals surface area contributed by atoms with Crippen molar-refractivity contribution in [2.24, 2.45) is 5.73 Å². The molecule has 0 bridgehead atoms. The van der Waals surface area contributed by atoms with Crippen LogP contribution in [0.1, 0.15) is 5.69 Å². The van der Waals surface area contributed by atoms with Crippen molar-refractivity contribution < 1.29 is 9.53 Å². The number of hydrogen-bond acceptors (Lipinski definition) is 6. The van der Waals surface area contributed by atoms with E-state index in [0.29, 0.717) is 25.4 Å². The van der Waals surface area contributed by atoms with Crippen LogP contribution in [0, 0.1) is 0 Å². The highest BCUT2D eigenvalue weighted by Crippen LogP contribution is 1.90. The lowest BCUT2D eigenvalue weighted by Gasteiger charge is -2.16. The molecule has 19 heavy (non-hydrogen) atoms. The van der Waals surface area contributed by atoms with Crippen LogP contribution in [0.4, 0.5) is 0 Å². The molecule has 8 heteroatoms. The average molecular weight is 270 g/mol. The third kappa shape index (κ3) is 6.27. The Morgan fingerprint density at radius 2 is 2.37 bits per heavy atom. The van der Waals surface area contributed by atoms with Crippen LogP contribution in [0.5, 0.6) is 0 Å². The van der Waals surface area contributed by atoms with E-state index in [1.54, 1.807) is 13.3 Å². The zero-order valence-electron chi connectivity index (χ0n) is 11.5. The molecule has 0 radical (unpaired) electrons. The predicted octanol–water partition coefficient (Wildman–Crippen LogP) is -1.57. The van der Waals surface area contributed by atoms with Crippen molar-refractivity contribution in [3.05, 3.63) is 11.9 Å². The molecule has 0 saturated carbocycles. The minimum Gasteiger partial charge on any atom is -0.383 e. The second-order valence-electron chi connectivity index (χ2n) is 4.26. The average Bonchev–Trinajstić information content (AvgIpc) is 2.84. The van der Waals surface area contributed by atoms with E-state index in [0.717, 1.165) is 13.1 Å². The summed E-state index contributed by atoms with van der Waals surface area (Å²) in [5.41, 5.74) is 6.09. The molecule has 0 spiro atoms. The molecule has 1 rings (SSSR count). The molecule has 1 heterocycles. The third-order valence-corrected chi connectivity index (χ3v) is 2.59. The molecular weight excluding hydrogens is 248 g/mol. The van der Waals surface area contributed by atoms with E-state index >= 15 is 0 Å². The fourth-order valence-corrected chi connectivity index (χ4v) is 1.46. The van der Waals surface area contributed by atoms with Gasteiger partial charge in [-0.25, -0.2) is 4.68 Å². The topological polar surface area (TPSA) is 98.3 Å². The van der Waals surface area contributed by atoms with Gasteiger partial charge in [-0.15, -0.1) is 5.10 Å². The van der Waals surface area contributed by atoms with Crippen LogP contribution >= 0.6 is 0 Å². The van der Waals surface area contributed by atoms with Gasteiger partial charge in [0.25, 0.3) is 0 Å². The second kappa shape index (κ2) is 8.57. The molecule has 8 nitrogen and oxygen atoms in total. The number of amides is 1. The number of nitrogens with zero attached hydrogens (tertiary/aromatic N) is 4. The quantitative estimate of drug-likeness (QED) is 0.562. The van der Waals surface area contributed by atoms with Gasteiger partial charge in [0.15, 0.2) is 0 Å². The number of likely N-dealkylation sites (N-methyl/N-ethyl adjacent to an activating group) is 1. The first kappa shape index (κ1) is 15.5. The maximum absolute atomic E-state index is 11.6. The lowest BCUT2D eigenvalue weighted by molar-refractivity contribution is -0.121. The molecule has 0 aliphatic carbocycles. The van der Waals surface area contributed by atoms with Gasteiger partial charge in [-0.2, -0.15) is 0 Å². The molecule has 1 aromatic heterocycles. The summed E-state index contributed by atoms with van der Waals surface area (Å²) in [4.78, 5) is 13.7. The van der Waals surface area contributed by atoms with Crippen molar-refractivity contribution >= 4 is 5.91 Å². The number of nitrogens with two attached hydrogens (primary N) is 1. The van der Waals surface area contributed by atoms with Crippen molar-refractivity contribution in [1.29, 1.82) is 0 Å². The van der Waals surface area contributed by atoms with Gasteiger partial charge >= 0.3 is 0 Å². The molecule has 0 aliphatic rings.